The number of nitrogens with one attached hydrogen (secondary N) is 1. The first-order valence-corrected chi connectivity index (χ1v) is 6.40. The van der Waals surface area contributed by atoms with Crippen LogP contribution >= 0.6 is 11.3 Å². The van der Waals surface area contributed by atoms with Crippen LogP contribution in [0.2, 0.25) is 0 Å². The number of carbonyl (C=O) groups is 1. The Balaban J connectivity index is 1.94. The molecule has 0 saturated carbocycles. The van der Waals surface area contributed by atoms with Gasteiger partial charge in [0.1, 0.15) is 11.3 Å². The first-order valence-electron chi connectivity index (χ1n) is 5.59. The van der Waals surface area contributed by atoms with Crippen LogP contribution in [-0.2, 0) is 7.05 Å². The zero-order valence-electron chi connectivity index (χ0n) is 10.2. The number of benzene rings is 1. The molecule has 1 aromatic carbocycles. The third kappa shape index (κ3) is 2.14. The monoisotopic (exact) mass is 294 g/mol. The molecule has 1 amide bonds. The van der Waals surface area contributed by atoms with E-state index < -0.39 is 17.5 Å². The maximum Gasteiger partial charge on any atom is 0.293 e. The lowest BCUT2D eigenvalue weighted by Gasteiger charge is -2.00. The number of aryl methyl sites for hydroxylation is 1. The van der Waals surface area contributed by atoms with Crippen molar-refractivity contribution in [2.75, 3.05) is 5.32 Å². The molecule has 0 spiro atoms. The summed E-state index contributed by atoms with van der Waals surface area (Å²) in [5.74, 6) is -1.69. The van der Waals surface area contributed by atoms with E-state index in [1.807, 2.05) is 0 Å². The van der Waals surface area contributed by atoms with Crippen LogP contribution in [0.5, 0.6) is 0 Å². The molecule has 2 aromatic heterocycles. The first-order chi connectivity index (χ1) is 9.54. The lowest BCUT2D eigenvalue weighted by molar-refractivity contribution is 0.101. The molecule has 0 aliphatic heterocycles. The fraction of sp³-hybridized carbons (Fsp3) is 0.0833. The molecule has 0 bridgehead atoms. The van der Waals surface area contributed by atoms with E-state index >= 15 is 0 Å². The fourth-order valence-corrected chi connectivity index (χ4v) is 2.65. The molecule has 0 fully saturated rings. The molecule has 3 aromatic rings. The van der Waals surface area contributed by atoms with Gasteiger partial charge in [-0.25, -0.2) is 18.7 Å². The summed E-state index contributed by atoms with van der Waals surface area (Å²) in [6.45, 7) is 0. The molecule has 102 valence electrons. The predicted molar refractivity (Wildman–Crippen MR) is 70.7 cm³/mol. The van der Waals surface area contributed by atoms with E-state index in [-0.39, 0.29) is 16.5 Å². The molecule has 0 aliphatic carbocycles. The van der Waals surface area contributed by atoms with Crippen molar-refractivity contribution in [3.05, 3.63) is 42.0 Å². The Bertz CT molecular complexity index is 811. The van der Waals surface area contributed by atoms with Crippen LogP contribution in [0.25, 0.3) is 10.2 Å². The van der Waals surface area contributed by atoms with E-state index in [0.29, 0.717) is 4.70 Å². The Kier molecular flexibility index (Phi) is 2.94. The van der Waals surface area contributed by atoms with Crippen molar-refractivity contribution in [3.8, 4) is 0 Å². The number of rotatable bonds is 2. The van der Waals surface area contributed by atoms with Crippen molar-refractivity contribution in [2.45, 2.75) is 0 Å². The molecule has 3 rings (SSSR count). The van der Waals surface area contributed by atoms with Gasteiger partial charge < -0.3 is 4.57 Å². The average Bonchev–Trinajstić information content (AvgIpc) is 2.95. The molecule has 5 nitrogen and oxygen atoms in total. The van der Waals surface area contributed by atoms with Gasteiger partial charge in [-0.1, -0.05) is 11.3 Å². The topological polar surface area (TPSA) is 59.8 Å². The quantitative estimate of drug-likeness (QED) is 0.790. The zero-order chi connectivity index (χ0) is 14.3. The minimum Gasteiger partial charge on any atom is -0.330 e. The minimum absolute atomic E-state index is 0.0338. The Morgan fingerprint density at radius 1 is 1.40 bits per heavy atom. The normalized spacial score (nSPS) is 10.9. The van der Waals surface area contributed by atoms with Crippen LogP contribution in [0.3, 0.4) is 0 Å². The van der Waals surface area contributed by atoms with Crippen molar-refractivity contribution in [2.24, 2.45) is 7.05 Å². The SMILES string of the molecule is Cn1ccnc1C(=O)Nc1nc2c(F)cc(F)cc2s1. The molecule has 0 saturated heterocycles. The van der Waals surface area contributed by atoms with Gasteiger partial charge in [0.2, 0.25) is 0 Å². The van der Waals surface area contributed by atoms with Crippen LogP contribution in [0.1, 0.15) is 10.6 Å². The summed E-state index contributed by atoms with van der Waals surface area (Å²) in [5, 5.41) is 2.71. The summed E-state index contributed by atoms with van der Waals surface area (Å²) in [5.41, 5.74) is 0.0338. The Hall–Kier alpha value is -2.35. The predicted octanol–water partition coefficient (Wildman–Crippen LogP) is 2.56. The molecular weight excluding hydrogens is 286 g/mol. The average molecular weight is 294 g/mol. The molecule has 1 N–H and O–H groups in total. The van der Waals surface area contributed by atoms with Gasteiger partial charge in [-0.3, -0.25) is 10.1 Å². The number of imidazole rings is 1. The molecule has 0 unspecified atom stereocenters. The second-order valence-corrected chi connectivity index (χ2v) is 5.10. The number of nitrogens with zero attached hydrogens (tertiary/aromatic N) is 3. The lowest BCUT2D eigenvalue weighted by Crippen LogP contribution is -2.16. The second kappa shape index (κ2) is 4.64. The van der Waals surface area contributed by atoms with Crippen molar-refractivity contribution in [1.29, 1.82) is 0 Å². The van der Waals surface area contributed by atoms with Gasteiger partial charge in [-0.15, -0.1) is 0 Å². The summed E-state index contributed by atoms with van der Waals surface area (Å²) < 4.78 is 28.5. The fourth-order valence-electron chi connectivity index (χ4n) is 1.75. The summed E-state index contributed by atoms with van der Waals surface area (Å²) in [7, 11) is 1.68. The van der Waals surface area contributed by atoms with Gasteiger partial charge in [0.25, 0.3) is 5.91 Å². The van der Waals surface area contributed by atoms with Gasteiger partial charge in [0.15, 0.2) is 16.8 Å². The molecule has 20 heavy (non-hydrogen) atoms. The van der Waals surface area contributed by atoms with E-state index in [2.05, 4.69) is 15.3 Å². The summed E-state index contributed by atoms with van der Waals surface area (Å²) >= 11 is 0.997. The Labute approximate surface area is 115 Å². The summed E-state index contributed by atoms with van der Waals surface area (Å²) in [6.07, 6.45) is 3.12. The highest BCUT2D eigenvalue weighted by atomic mass is 32.1. The number of halogens is 2. The third-order valence-electron chi connectivity index (χ3n) is 2.66. The highest BCUT2D eigenvalue weighted by Gasteiger charge is 2.15. The number of hydrogen-bond donors (Lipinski definition) is 1. The Morgan fingerprint density at radius 3 is 2.90 bits per heavy atom. The van der Waals surface area contributed by atoms with E-state index in [9.17, 15) is 13.6 Å². The molecular formula is C12H8F2N4OS. The highest BCUT2D eigenvalue weighted by molar-refractivity contribution is 7.22. The lowest BCUT2D eigenvalue weighted by atomic mass is 10.3. The minimum atomic E-state index is -0.756. The van der Waals surface area contributed by atoms with E-state index in [1.165, 1.54) is 12.3 Å². The van der Waals surface area contributed by atoms with Crippen LogP contribution in [-0.4, -0.2) is 20.4 Å². The maximum absolute atomic E-state index is 13.5. The number of thiazole rings is 1. The van der Waals surface area contributed by atoms with Gasteiger partial charge in [-0.05, 0) is 6.07 Å². The van der Waals surface area contributed by atoms with E-state index in [1.54, 1.807) is 17.8 Å². The van der Waals surface area contributed by atoms with Crippen molar-refractivity contribution < 1.29 is 13.6 Å². The summed E-state index contributed by atoms with van der Waals surface area (Å²) in [4.78, 5) is 19.8. The number of fused-ring (bicyclic) bond motifs is 1. The number of hydrogen-bond acceptors (Lipinski definition) is 4. The number of amides is 1. The van der Waals surface area contributed by atoms with Gasteiger partial charge in [-0.2, -0.15) is 0 Å². The number of anilines is 1. The molecule has 0 atom stereocenters. The van der Waals surface area contributed by atoms with Gasteiger partial charge >= 0.3 is 0 Å². The molecule has 0 aliphatic rings. The molecule has 8 heteroatoms. The van der Waals surface area contributed by atoms with Crippen LogP contribution in [0.15, 0.2) is 24.5 Å². The first kappa shape index (κ1) is 12.7. The van der Waals surface area contributed by atoms with Crippen molar-refractivity contribution in [1.82, 2.24) is 14.5 Å². The largest absolute Gasteiger partial charge is 0.330 e. The Morgan fingerprint density at radius 2 is 2.20 bits per heavy atom. The molecule has 2 heterocycles. The van der Waals surface area contributed by atoms with E-state index in [0.717, 1.165) is 17.4 Å². The smallest absolute Gasteiger partial charge is 0.293 e. The zero-order valence-corrected chi connectivity index (χ0v) is 11.0. The van der Waals surface area contributed by atoms with Crippen molar-refractivity contribution in [3.63, 3.8) is 0 Å². The third-order valence-corrected chi connectivity index (χ3v) is 3.58. The molecule has 0 radical (unpaired) electrons. The van der Waals surface area contributed by atoms with E-state index in [4.69, 9.17) is 0 Å². The number of carbonyl (C=O) groups excluding carboxylic acids is 1. The van der Waals surface area contributed by atoms with Crippen molar-refractivity contribution >= 4 is 32.6 Å². The highest BCUT2D eigenvalue weighted by Crippen LogP contribution is 2.28. The second-order valence-electron chi connectivity index (χ2n) is 4.07. The summed E-state index contributed by atoms with van der Waals surface area (Å²) in [6, 6.07) is 1.93. The maximum atomic E-state index is 13.5. The van der Waals surface area contributed by atoms with Crippen LogP contribution < -0.4 is 5.32 Å². The van der Waals surface area contributed by atoms with Crippen LogP contribution in [0.4, 0.5) is 13.9 Å². The van der Waals surface area contributed by atoms with Gasteiger partial charge in [0, 0.05) is 25.5 Å². The van der Waals surface area contributed by atoms with Crippen LogP contribution in [0, 0.1) is 11.6 Å². The standard InChI is InChI=1S/C12H8F2N4OS/c1-18-3-2-15-10(18)11(19)17-12-16-9-7(14)4-6(13)5-8(9)20-12/h2-5H,1H3,(H,16,17,19). The number of aromatic nitrogens is 3. The van der Waals surface area contributed by atoms with Gasteiger partial charge in [0.05, 0.1) is 4.70 Å².